The van der Waals surface area contributed by atoms with Gasteiger partial charge in [0.1, 0.15) is 10.7 Å². The Morgan fingerprint density at radius 2 is 2.10 bits per heavy atom. The van der Waals surface area contributed by atoms with Gasteiger partial charge in [0.2, 0.25) is 10.0 Å². The summed E-state index contributed by atoms with van der Waals surface area (Å²) in [6.45, 7) is 2.71. The highest BCUT2D eigenvalue weighted by Gasteiger charge is 2.23. The minimum Gasteiger partial charge on any atom is -0.383 e. The molecular formula is C12H16ClFN2O4S. The molecule has 6 nitrogen and oxygen atoms in total. The number of methoxy groups -OCH3 is 1. The van der Waals surface area contributed by atoms with Crippen LogP contribution in [0.4, 0.5) is 4.39 Å². The van der Waals surface area contributed by atoms with E-state index in [0.717, 1.165) is 12.1 Å². The molecule has 0 aliphatic heterocycles. The Hall–Kier alpha value is -1.22. The number of primary sulfonamides is 1. The zero-order valence-electron chi connectivity index (χ0n) is 11.6. The molecule has 9 heteroatoms. The van der Waals surface area contributed by atoms with Gasteiger partial charge in [-0.1, -0.05) is 11.6 Å². The van der Waals surface area contributed by atoms with Crippen molar-refractivity contribution < 1.29 is 22.3 Å². The topological polar surface area (TPSA) is 89.7 Å². The van der Waals surface area contributed by atoms with Gasteiger partial charge in [-0.2, -0.15) is 0 Å². The van der Waals surface area contributed by atoms with Crippen LogP contribution in [0.1, 0.15) is 17.3 Å². The lowest BCUT2D eigenvalue weighted by atomic mass is 10.2. The zero-order valence-corrected chi connectivity index (χ0v) is 13.2. The first-order valence-corrected chi connectivity index (χ1v) is 7.94. The second-order valence-electron chi connectivity index (χ2n) is 4.19. The van der Waals surface area contributed by atoms with Crippen LogP contribution in [-0.2, 0) is 14.8 Å². The van der Waals surface area contributed by atoms with Gasteiger partial charge in [-0.25, -0.2) is 17.9 Å². The van der Waals surface area contributed by atoms with Crippen molar-refractivity contribution in [3.05, 3.63) is 28.5 Å². The van der Waals surface area contributed by atoms with Gasteiger partial charge in [-0.3, -0.25) is 4.79 Å². The summed E-state index contributed by atoms with van der Waals surface area (Å²) < 4.78 is 41.1. The Labute approximate surface area is 127 Å². The summed E-state index contributed by atoms with van der Waals surface area (Å²) in [5.41, 5.74) is -0.125. The predicted molar refractivity (Wildman–Crippen MR) is 76.2 cm³/mol. The first kappa shape index (κ1) is 17.8. The molecule has 0 fully saturated rings. The second-order valence-corrected chi connectivity index (χ2v) is 6.12. The number of carbonyl (C=O) groups is 1. The Kier molecular flexibility index (Phi) is 6.09. The van der Waals surface area contributed by atoms with E-state index in [4.69, 9.17) is 21.5 Å². The average Bonchev–Trinajstić information content (AvgIpc) is 2.37. The highest BCUT2D eigenvalue weighted by atomic mass is 35.5. The number of rotatable bonds is 6. The molecule has 1 aromatic carbocycles. The predicted octanol–water partition coefficient (Wildman–Crippen LogP) is 1.24. The van der Waals surface area contributed by atoms with Crippen LogP contribution in [0.25, 0.3) is 0 Å². The van der Waals surface area contributed by atoms with Crippen LogP contribution in [0.15, 0.2) is 17.0 Å². The molecule has 0 bridgehead atoms. The van der Waals surface area contributed by atoms with E-state index in [9.17, 15) is 17.6 Å². The molecule has 1 aromatic rings. The van der Waals surface area contributed by atoms with Crippen molar-refractivity contribution in [3.63, 3.8) is 0 Å². The lowest BCUT2D eigenvalue weighted by Crippen LogP contribution is -2.34. The fraction of sp³-hybridized carbons (Fsp3) is 0.417. The smallest absolute Gasteiger partial charge is 0.255 e. The molecule has 21 heavy (non-hydrogen) atoms. The lowest BCUT2D eigenvalue weighted by molar-refractivity contribution is 0.0706. The van der Waals surface area contributed by atoms with Gasteiger partial charge in [-0.15, -0.1) is 0 Å². The Morgan fingerprint density at radius 1 is 1.48 bits per heavy atom. The van der Waals surface area contributed by atoms with Crippen molar-refractivity contribution in [1.29, 1.82) is 0 Å². The molecule has 0 saturated carbocycles. The molecule has 0 heterocycles. The third-order valence-electron chi connectivity index (χ3n) is 2.79. The molecule has 0 atom stereocenters. The number of amides is 1. The minimum absolute atomic E-state index is 0.125. The summed E-state index contributed by atoms with van der Waals surface area (Å²) >= 11 is 5.83. The average molecular weight is 339 g/mol. The highest BCUT2D eigenvalue weighted by molar-refractivity contribution is 7.89. The Morgan fingerprint density at radius 3 is 2.57 bits per heavy atom. The van der Waals surface area contributed by atoms with E-state index in [0.29, 0.717) is 19.7 Å². The van der Waals surface area contributed by atoms with Gasteiger partial charge in [-0.05, 0) is 19.1 Å². The number of hydrogen-bond donors (Lipinski definition) is 1. The monoisotopic (exact) mass is 338 g/mol. The van der Waals surface area contributed by atoms with E-state index in [-0.39, 0.29) is 10.6 Å². The quantitative estimate of drug-likeness (QED) is 0.844. The summed E-state index contributed by atoms with van der Waals surface area (Å²) in [6, 6.07) is 1.61. The van der Waals surface area contributed by atoms with E-state index in [1.54, 1.807) is 6.92 Å². The first-order valence-electron chi connectivity index (χ1n) is 6.02. The molecule has 0 unspecified atom stereocenters. The summed E-state index contributed by atoms with van der Waals surface area (Å²) in [6.07, 6.45) is 0. The summed E-state index contributed by atoms with van der Waals surface area (Å²) in [5, 5.41) is 4.73. The number of hydrogen-bond acceptors (Lipinski definition) is 4. The number of ether oxygens (including phenoxy) is 1. The Balaban J connectivity index is 3.26. The molecule has 0 radical (unpaired) electrons. The molecule has 1 amide bonds. The van der Waals surface area contributed by atoms with Gasteiger partial charge in [0, 0.05) is 20.2 Å². The number of benzene rings is 1. The van der Waals surface area contributed by atoms with E-state index >= 15 is 0 Å². The highest BCUT2D eigenvalue weighted by Crippen LogP contribution is 2.24. The van der Waals surface area contributed by atoms with Gasteiger partial charge in [0.25, 0.3) is 5.91 Å². The summed E-state index contributed by atoms with van der Waals surface area (Å²) in [4.78, 5) is 13.0. The largest absolute Gasteiger partial charge is 0.383 e. The maximum absolute atomic E-state index is 13.6. The van der Waals surface area contributed by atoms with Gasteiger partial charge in [0.05, 0.1) is 17.2 Å². The fourth-order valence-corrected chi connectivity index (χ4v) is 2.53. The number of nitrogens with two attached hydrogens (primary N) is 1. The van der Waals surface area contributed by atoms with E-state index in [2.05, 4.69) is 0 Å². The molecule has 0 aliphatic carbocycles. The fourth-order valence-electron chi connectivity index (χ4n) is 1.69. The lowest BCUT2D eigenvalue weighted by Gasteiger charge is -2.21. The van der Waals surface area contributed by atoms with Crippen LogP contribution in [0, 0.1) is 5.82 Å². The van der Waals surface area contributed by atoms with E-state index in [1.165, 1.54) is 12.0 Å². The molecule has 0 aromatic heterocycles. The van der Waals surface area contributed by atoms with Crippen molar-refractivity contribution in [2.75, 3.05) is 26.8 Å². The Bertz CT molecular complexity index is 636. The van der Waals surface area contributed by atoms with Crippen LogP contribution in [0.2, 0.25) is 5.02 Å². The summed E-state index contributed by atoms with van der Waals surface area (Å²) in [5.74, 6) is -1.62. The van der Waals surface area contributed by atoms with Crippen molar-refractivity contribution in [2.24, 2.45) is 5.14 Å². The maximum Gasteiger partial charge on any atom is 0.255 e. The third-order valence-corrected chi connectivity index (χ3v) is 4.03. The number of carbonyl (C=O) groups excluding carboxylic acids is 1. The molecule has 0 aliphatic rings. The number of nitrogens with zero attached hydrogens (tertiary/aromatic N) is 1. The van der Waals surface area contributed by atoms with Crippen molar-refractivity contribution >= 4 is 27.5 Å². The molecule has 118 valence electrons. The van der Waals surface area contributed by atoms with E-state index in [1.807, 2.05) is 0 Å². The minimum atomic E-state index is -4.28. The molecule has 1 rings (SSSR count). The molecule has 2 N–H and O–H groups in total. The third kappa shape index (κ3) is 4.37. The van der Waals surface area contributed by atoms with Gasteiger partial charge < -0.3 is 9.64 Å². The van der Waals surface area contributed by atoms with Gasteiger partial charge >= 0.3 is 0 Å². The van der Waals surface area contributed by atoms with Crippen molar-refractivity contribution in [3.8, 4) is 0 Å². The summed E-state index contributed by atoms with van der Waals surface area (Å²) in [7, 11) is -2.80. The first-order chi connectivity index (χ1) is 9.72. The van der Waals surface area contributed by atoms with E-state index < -0.39 is 26.6 Å². The second kappa shape index (κ2) is 7.17. The van der Waals surface area contributed by atoms with Crippen LogP contribution in [0.5, 0.6) is 0 Å². The van der Waals surface area contributed by atoms with Crippen LogP contribution < -0.4 is 5.14 Å². The zero-order chi connectivity index (χ0) is 16.2. The van der Waals surface area contributed by atoms with Crippen LogP contribution >= 0.6 is 11.6 Å². The van der Waals surface area contributed by atoms with Crippen LogP contribution in [-0.4, -0.2) is 46.0 Å². The number of sulfonamides is 1. The normalized spacial score (nSPS) is 11.5. The number of likely N-dealkylation sites (N-methyl/N-ethyl adjacent to an activating group) is 1. The SMILES string of the molecule is CCN(CCOC)C(=O)c1cc(S(N)(=O)=O)c(F)cc1Cl. The molecule has 0 saturated heterocycles. The standard InChI is InChI=1S/C12H16ClFN2O4S/c1-3-16(4-5-20-2)12(17)8-6-11(21(15,18)19)10(14)7-9(8)13/h6-7H,3-5H2,1-2H3,(H2,15,18,19). The van der Waals surface area contributed by atoms with Crippen LogP contribution in [0.3, 0.4) is 0 Å². The number of halogens is 2. The van der Waals surface area contributed by atoms with Crippen molar-refractivity contribution in [1.82, 2.24) is 4.90 Å². The molecule has 0 spiro atoms. The van der Waals surface area contributed by atoms with Crippen molar-refractivity contribution in [2.45, 2.75) is 11.8 Å². The maximum atomic E-state index is 13.6. The molecular weight excluding hydrogens is 323 g/mol. The van der Waals surface area contributed by atoms with Gasteiger partial charge in [0.15, 0.2) is 0 Å².